The van der Waals surface area contributed by atoms with E-state index in [1.807, 2.05) is 0 Å². The summed E-state index contributed by atoms with van der Waals surface area (Å²) in [6.45, 7) is 3.59. The van der Waals surface area contributed by atoms with Gasteiger partial charge in [-0.15, -0.1) is 0 Å². The number of hydrogen-bond acceptors (Lipinski definition) is 0. The van der Waals surface area contributed by atoms with Gasteiger partial charge in [0.2, 0.25) is 0 Å². The number of quaternary nitrogens is 1. The van der Waals surface area contributed by atoms with Crippen LogP contribution < -0.4 is 17.0 Å². The first kappa shape index (κ1) is 14.9. The molecule has 0 fully saturated rings. The highest BCUT2D eigenvalue weighted by Crippen LogP contribution is 2.04. The highest BCUT2D eigenvalue weighted by atomic mass is 79.9. The van der Waals surface area contributed by atoms with Gasteiger partial charge in [0.25, 0.3) is 0 Å². The average Bonchev–Trinajstić information content (AvgIpc) is 1.85. The molecule has 0 aromatic rings. The predicted octanol–water partition coefficient (Wildman–Crippen LogP) is -0.333. The molecule has 0 aliphatic carbocycles. The van der Waals surface area contributed by atoms with Gasteiger partial charge in [-0.05, 0) is 12.8 Å². The van der Waals surface area contributed by atoms with E-state index in [1.54, 1.807) is 0 Å². The minimum Gasteiger partial charge on any atom is -1.00 e. The summed E-state index contributed by atoms with van der Waals surface area (Å²) in [5.41, 5.74) is 0. The second-order valence-electron chi connectivity index (χ2n) is 4.43. The van der Waals surface area contributed by atoms with Crippen molar-refractivity contribution in [1.29, 1.82) is 0 Å². The maximum atomic E-state index is 2.26. The molecule has 0 saturated heterocycles. The van der Waals surface area contributed by atoms with Gasteiger partial charge in [-0.25, -0.2) is 0 Å². The highest BCUT2D eigenvalue weighted by Gasteiger charge is 2.04. The van der Waals surface area contributed by atoms with Crippen LogP contribution in [-0.2, 0) is 0 Å². The van der Waals surface area contributed by atoms with Crippen LogP contribution in [0.5, 0.6) is 0 Å². The van der Waals surface area contributed by atoms with Gasteiger partial charge in [0.05, 0.1) is 27.7 Å². The van der Waals surface area contributed by atoms with Gasteiger partial charge in [-0.1, -0.05) is 26.2 Å². The van der Waals surface area contributed by atoms with Crippen molar-refractivity contribution in [3.05, 3.63) is 0 Å². The van der Waals surface area contributed by atoms with Crippen LogP contribution in [0, 0.1) is 0 Å². The molecule has 2 heteroatoms. The molecule has 76 valence electrons. The zero-order chi connectivity index (χ0) is 8.74. The van der Waals surface area contributed by atoms with Crippen LogP contribution in [0.4, 0.5) is 0 Å². The second-order valence-corrected chi connectivity index (χ2v) is 4.43. The molecular formula is C10H24BrN. The molecule has 0 saturated carbocycles. The van der Waals surface area contributed by atoms with Gasteiger partial charge in [-0.2, -0.15) is 0 Å². The number of nitrogens with zero attached hydrogens (tertiary/aromatic N) is 1. The minimum absolute atomic E-state index is 0. The van der Waals surface area contributed by atoms with Crippen LogP contribution in [0.2, 0.25) is 0 Å². The van der Waals surface area contributed by atoms with Crippen LogP contribution in [0.3, 0.4) is 0 Å². The molecule has 0 aromatic heterocycles. The van der Waals surface area contributed by atoms with Gasteiger partial charge in [0, 0.05) is 0 Å². The summed E-state index contributed by atoms with van der Waals surface area (Å²) in [6, 6.07) is 0. The van der Waals surface area contributed by atoms with E-state index in [9.17, 15) is 0 Å². The summed E-state index contributed by atoms with van der Waals surface area (Å²) in [4.78, 5) is 0. The fourth-order valence-electron chi connectivity index (χ4n) is 1.19. The Balaban J connectivity index is 0. The molecule has 0 bridgehead atoms. The quantitative estimate of drug-likeness (QED) is 0.439. The third kappa shape index (κ3) is 13.1. The maximum absolute atomic E-state index is 2.26. The van der Waals surface area contributed by atoms with E-state index >= 15 is 0 Å². The summed E-state index contributed by atoms with van der Waals surface area (Å²) in [5, 5.41) is 0. The van der Waals surface area contributed by atoms with Gasteiger partial charge in [0.1, 0.15) is 0 Å². The van der Waals surface area contributed by atoms with E-state index in [1.165, 1.54) is 38.6 Å². The van der Waals surface area contributed by atoms with Crippen molar-refractivity contribution in [1.82, 2.24) is 0 Å². The second kappa shape index (κ2) is 8.06. The monoisotopic (exact) mass is 237 g/mol. The number of hydrogen-bond donors (Lipinski definition) is 0. The molecule has 0 unspecified atom stereocenters. The first-order chi connectivity index (χ1) is 5.06. The Hall–Kier alpha value is 0.440. The molecule has 0 aliphatic heterocycles. The lowest BCUT2D eigenvalue weighted by Crippen LogP contribution is -3.00. The predicted molar refractivity (Wildman–Crippen MR) is 51.7 cm³/mol. The lowest BCUT2D eigenvalue weighted by Gasteiger charge is -2.23. The number of halogens is 1. The van der Waals surface area contributed by atoms with Crippen LogP contribution in [0.15, 0.2) is 0 Å². The van der Waals surface area contributed by atoms with Crippen molar-refractivity contribution < 1.29 is 21.5 Å². The molecule has 0 aliphatic rings. The molecule has 0 heterocycles. The molecule has 0 N–H and O–H groups in total. The zero-order valence-corrected chi connectivity index (χ0v) is 10.7. The van der Waals surface area contributed by atoms with E-state index < -0.39 is 0 Å². The fraction of sp³-hybridized carbons (Fsp3) is 1.00. The Morgan fingerprint density at radius 2 is 1.33 bits per heavy atom. The van der Waals surface area contributed by atoms with Crippen molar-refractivity contribution in [3.63, 3.8) is 0 Å². The van der Waals surface area contributed by atoms with Crippen molar-refractivity contribution in [2.45, 2.75) is 39.0 Å². The molecular weight excluding hydrogens is 214 g/mol. The summed E-state index contributed by atoms with van der Waals surface area (Å²) in [5.74, 6) is 0. The molecule has 12 heavy (non-hydrogen) atoms. The van der Waals surface area contributed by atoms with E-state index in [2.05, 4.69) is 28.1 Å². The topological polar surface area (TPSA) is 0 Å². The molecule has 0 radical (unpaired) electrons. The molecule has 1 nitrogen and oxygen atoms in total. The summed E-state index contributed by atoms with van der Waals surface area (Å²) < 4.78 is 1.12. The third-order valence-electron chi connectivity index (χ3n) is 1.93. The molecule has 0 spiro atoms. The minimum atomic E-state index is 0. The van der Waals surface area contributed by atoms with Crippen molar-refractivity contribution >= 4 is 0 Å². The Morgan fingerprint density at radius 1 is 0.833 bits per heavy atom. The molecule has 0 atom stereocenters. The van der Waals surface area contributed by atoms with Crippen LogP contribution in [-0.4, -0.2) is 32.2 Å². The van der Waals surface area contributed by atoms with Crippen LogP contribution in [0.1, 0.15) is 39.0 Å². The van der Waals surface area contributed by atoms with Crippen molar-refractivity contribution in [2.75, 3.05) is 27.7 Å². The third-order valence-corrected chi connectivity index (χ3v) is 1.93. The number of unbranched alkanes of at least 4 members (excludes halogenated alkanes) is 4. The van der Waals surface area contributed by atoms with E-state index in [-0.39, 0.29) is 17.0 Å². The van der Waals surface area contributed by atoms with Crippen LogP contribution in [0.25, 0.3) is 0 Å². The average molecular weight is 238 g/mol. The summed E-state index contributed by atoms with van der Waals surface area (Å²) in [6.07, 6.45) is 7.00. The normalized spacial score (nSPS) is 11.0. The molecule has 0 rings (SSSR count). The van der Waals surface area contributed by atoms with Gasteiger partial charge in [0.15, 0.2) is 0 Å². The summed E-state index contributed by atoms with van der Waals surface area (Å²) in [7, 11) is 6.79. The first-order valence-electron chi connectivity index (χ1n) is 4.86. The van der Waals surface area contributed by atoms with E-state index in [0.717, 1.165) is 4.48 Å². The van der Waals surface area contributed by atoms with Crippen molar-refractivity contribution in [3.8, 4) is 0 Å². The largest absolute Gasteiger partial charge is 1.00 e. The Kier molecular flexibility index (Phi) is 10.0. The highest BCUT2D eigenvalue weighted by molar-refractivity contribution is 4.40. The standard InChI is InChI=1S/C10H24N.BrH/c1-5-6-7-8-9-10-11(2,3)4;/h5-10H2,1-4H3;1H/q+1;/p-1. The van der Waals surface area contributed by atoms with Crippen molar-refractivity contribution in [2.24, 2.45) is 0 Å². The van der Waals surface area contributed by atoms with Crippen LogP contribution >= 0.6 is 0 Å². The smallest absolute Gasteiger partial charge is 0.0780 e. The SMILES string of the molecule is CCCCCCC[N+](C)(C)C.[Br-]. The zero-order valence-electron chi connectivity index (χ0n) is 9.07. The van der Waals surface area contributed by atoms with Gasteiger partial charge < -0.3 is 21.5 Å². The van der Waals surface area contributed by atoms with E-state index in [4.69, 9.17) is 0 Å². The Morgan fingerprint density at radius 3 is 1.75 bits per heavy atom. The van der Waals surface area contributed by atoms with Gasteiger partial charge in [-0.3, -0.25) is 0 Å². The maximum Gasteiger partial charge on any atom is 0.0780 e. The number of rotatable bonds is 6. The summed E-state index contributed by atoms with van der Waals surface area (Å²) >= 11 is 0. The van der Waals surface area contributed by atoms with Gasteiger partial charge >= 0.3 is 0 Å². The lowest BCUT2D eigenvalue weighted by atomic mass is 10.1. The Labute approximate surface area is 88.5 Å². The van der Waals surface area contributed by atoms with E-state index in [0.29, 0.717) is 0 Å². The first-order valence-corrected chi connectivity index (χ1v) is 4.86. The molecule has 0 amide bonds. The lowest BCUT2D eigenvalue weighted by molar-refractivity contribution is -0.870. The fourth-order valence-corrected chi connectivity index (χ4v) is 1.19. The molecule has 0 aromatic carbocycles. The Bertz CT molecular complexity index is 86.3.